The minimum atomic E-state index is -0.851. The van der Waals surface area contributed by atoms with E-state index in [1.165, 1.54) is 0 Å². The highest BCUT2D eigenvalue weighted by atomic mass is 16.6. The molecule has 3 N–H and O–H groups in total. The number of hydrogen-bond acceptors (Lipinski definition) is 4. The molecular formula is C19H31NO4. The Balaban J connectivity index is 2.59. The maximum absolute atomic E-state index is 11.9. The molecule has 0 aromatic heterocycles. The third-order valence-electron chi connectivity index (χ3n) is 3.64. The Hall–Kier alpha value is -1.59. The van der Waals surface area contributed by atoms with Crippen LogP contribution in [0.3, 0.4) is 0 Å². The van der Waals surface area contributed by atoms with Crippen LogP contribution in [-0.2, 0) is 11.2 Å². The first-order chi connectivity index (χ1) is 11.1. The summed E-state index contributed by atoms with van der Waals surface area (Å²) in [7, 11) is 0. The number of aliphatic hydroxyl groups is 2. The van der Waals surface area contributed by atoms with Gasteiger partial charge < -0.3 is 20.3 Å². The lowest BCUT2D eigenvalue weighted by molar-refractivity contribution is 0.0231. The van der Waals surface area contributed by atoms with E-state index in [9.17, 15) is 15.0 Å². The Morgan fingerprint density at radius 2 is 1.75 bits per heavy atom. The minimum absolute atomic E-state index is 0.0106. The second-order valence-corrected chi connectivity index (χ2v) is 7.56. The van der Waals surface area contributed by atoms with Crippen LogP contribution in [0.15, 0.2) is 30.3 Å². The summed E-state index contributed by atoms with van der Waals surface area (Å²) in [5.74, 6) is 0.0106. The number of aliphatic hydroxyl groups excluding tert-OH is 2. The highest BCUT2D eigenvalue weighted by molar-refractivity contribution is 5.68. The molecule has 1 rings (SSSR count). The van der Waals surface area contributed by atoms with Gasteiger partial charge >= 0.3 is 6.09 Å². The molecule has 136 valence electrons. The van der Waals surface area contributed by atoms with Gasteiger partial charge in [-0.15, -0.1) is 0 Å². The van der Waals surface area contributed by atoms with Gasteiger partial charge in [0.2, 0.25) is 0 Å². The monoisotopic (exact) mass is 337 g/mol. The van der Waals surface area contributed by atoms with Gasteiger partial charge in [0.1, 0.15) is 5.60 Å². The molecule has 0 heterocycles. The van der Waals surface area contributed by atoms with Crippen LogP contribution in [0.1, 0.15) is 46.6 Å². The first-order valence-electron chi connectivity index (χ1n) is 8.48. The van der Waals surface area contributed by atoms with E-state index in [2.05, 4.69) is 5.32 Å². The fourth-order valence-corrected chi connectivity index (χ4v) is 2.55. The van der Waals surface area contributed by atoms with Crippen molar-refractivity contribution in [3.05, 3.63) is 35.9 Å². The van der Waals surface area contributed by atoms with Crippen molar-refractivity contribution >= 4 is 6.09 Å². The van der Waals surface area contributed by atoms with Gasteiger partial charge in [0.05, 0.1) is 18.2 Å². The van der Waals surface area contributed by atoms with E-state index in [0.29, 0.717) is 6.42 Å². The minimum Gasteiger partial charge on any atom is -0.444 e. The fourth-order valence-electron chi connectivity index (χ4n) is 2.55. The number of alkyl carbamates (subject to hydrolysis) is 1. The first kappa shape index (κ1) is 20.5. The summed E-state index contributed by atoms with van der Waals surface area (Å²) < 4.78 is 5.25. The number of rotatable bonds is 7. The van der Waals surface area contributed by atoms with Crippen molar-refractivity contribution in [2.45, 2.75) is 71.3 Å². The predicted octanol–water partition coefficient (Wildman–Crippen LogP) is 2.89. The number of carbonyl (C=O) groups excluding carboxylic acids is 1. The summed E-state index contributed by atoms with van der Waals surface area (Å²) in [6.07, 6.45) is -1.43. The van der Waals surface area contributed by atoms with Crippen LogP contribution in [0, 0.1) is 5.92 Å². The molecule has 1 amide bonds. The molecule has 3 atom stereocenters. The van der Waals surface area contributed by atoms with Crippen molar-refractivity contribution < 1.29 is 19.7 Å². The first-order valence-corrected chi connectivity index (χ1v) is 8.48. The van der Waals surface area contributed by atoms with Crippen molar-refractivity contribution in [1.82, 2.24) is 5.32 Å². The summed E-state index contributed by atoms with van der Waals surface area (Å²) in [5, 5.41) is 23.4. The Kier molecular flexibility index (Phi) is 7.70. The zero-order chi connectivity index (χ0) is 18.3. The van der Waals surface area contributed by atoms with Crippen LogP contribution < -0.4 is 5.32 Å². The summed E-state index contributed by atoms with van der Waals surface area (Å²) in [5.41, 5.74) is 0.419. The third kappa shape index (κ3) is 7.79. The molecule has 24 heavy (non-hydrogen) atoms. The number of carbonyl (C=O) groups is 1. The smallest absolute Gasteiger partial charge is 0.407 e. The quantitative estimate of drug-likeness (QED) is 0.715. The summed E-state index contributed by atoms with van der Waals surface area (Å²) in [4.78, 5) is 11.9. The van der Waals surface area contributed by atoms with Gasteiger partial charge in [-0.25, -0.2) is 4.79 Å². The van der Waals surface area contributed by atoms with E-state index >= 15 is 0 Å². The second kappa shape index (κ2) is 9.04. The Bertz CT molecular complexity index is 496. The van der Waals surface area contributed by atoms with E-state index in [4.69, 9.17) is 4.74 Å². The van der Waals surface area contributed by atoms with Crippen molar-refractivity contribution in [2.24, 2.45) is 5.92 Å². The van der Waals surface area contributed by atoms with Crippen LogP contribution in [0.4, 0.5) is 4.79 Å². The molecule has 0 fully saturated rings. The molecule has 0 aliphatic rings. The molecule has 0 aliphatic carbocycles. The fraction of sp³-hybridized carbons (Fsp3) is 0.632. The molecule has 0 saturated carbocycles. The second-order valence-electron chi connectivity index (χ2n) is 7.56. The summed E-state index contributed by atoms with van der Waals surface area (Å²) >= 11 is 0. The highest BCUT2D eigenvalue weighted by Gasteiger charge is 2.28. The van der Waals surface area contributed by atoms with E-state index in [1.807, 2.05) is 44.2 Å². The topological polar surface area (TPSA) is 78.8 Å². The molecule has 0 spiro atoms. The Morgan fingerprint density at radius 1 is 1.17 bits per heavy atom. The number of ether oxygens (including phenoxy) is 1. The van der Waals surface area contributed by atoms with Gasteiger partial charge in [-0.1, -0.05) is 44.2 Å². The number of benzene rings is 1. The third-order valence-corrected chi connectivity index (χ3v) is 3.64. The SMILES string of the molecule is CC(C)[C@H](NC(=O)OC(C)(C)C)[C@H](O)C[C@H](O)Cc1ccccc1. The average Bonchev–Trinajstić information content (AvgIpc) is 2.43. The van der Waals surface area contributed by atoms with Crippen LogP contribution in [0.25, 0.3) is 0 Å². The average molecular weight is 337 g/mol. The van der Waals surface area contributed by atoms with E-state index in [0.717, 1.165) is 5.56 Å². The molecule has 1 aromatic carbocycles. The van der Waals surface area contributed by atoms with E-state index in [-0.39, 0.29) is 12.3 Å². The molecule has 5 nitrogen and oxygen atoms in total. The maximum Gasteiger partial charge on any atom is 0.407 e. The molecule has 0 radical (unpaired) electrons. The van der Waals surface area contributed by atoms with Crippen molar-refractivity contribution in [3.63, 3.8) is 0 Å². The molecule has 0 bridgehead atoms. The van der Waals surface area contributed by atoms with E-state index < -0.39 is 29.9 Å². The van der Waals surface area contributed by atoms with Gasteiger partial charge in [0.15, 0.2) is 0 Å². The van der Waals surface area contributed by atoms with Crippen LogP contribution >= 0.6 is 0 Å². The predicted molar refractivity (Wildman–Crippen MR) is 94.8 cm³/mol. The zero-order valence-corrected chi connectivity index (χ0v) is 15.3. The highest BCUT2D eigenvalue weighted by Crippen LogP contribution is 2.16. The van der Waals surface area contributed by atoms with Crippen molar-refractivity contribution in [1.29, 1.82) is 0 Å². The zero-order valence-electron chi connectivity index (χ0n) is 15.3. The number of hydrogen-bond donors (Lipinski definition) is 3. The molecule has 1 aromatic rings. The lowest BCUT2D eigenvalue weighted by atomic mass is 9.93. The Labute approximate surface area is 145 Å². The van der Waals surface area contributed by atoms with Gasteiger partial charge in [0, 0.05) is 6.42 Å². The Morgan fingerprint density at radius 3 is 2.25 bits per heavy atom. The van der Waals surface area contributed by atoms with Gasteiger partial charge in [0.25, 0.3) is 0 Å². The molecule has 0 saturated heterocycles. The van der Waals surface area contributed by atoms with Crippen LogP contribution in [0.2, 0.25) is 0 Å². The van der Waals surface area contributed by atoms with Crippen LogP contribution in [0.5, 0.6) is 0 Å². The van der Waals surface area contributed by atoms with Gasteiger partial charge in [-0.2, -0.15) is 0 Å². The summed E-state index contributed by atoms with van der Waals surface area (Å²) in [6, 6.07) is 9.15. The van der Waals surface area contributed by atoms with Gasteiger partial charge in [-0.05, 0) is 38.7 Å². The molecule has 0 unspecified atom stereocenters. The normalized spacial score (nSPS) is 15.7. The van der Waals surface area contributed by atoms with Crippen molar-refractivity contribution in [3.8, 4) is 0 Å². The van der Waals surface area contributed by atoms with E-state index in [1.54, 1.807) is 20.8 Å². The lowest BCUT2D eigenvalue weighted by Crippen LogP contribution is -2.49. The molecule has 5 heteroatoms. The number of amides is 1. The molecular weight excluding hydrogens is 306 g/mol. The van der Waals surface area contributed by atoms with Gasteiger partial charge in [-0.3, -0.25) is 0 Å². The molecule has 0 aliphatic heterocycles. The summed E-state index contributed by atoms with van der Waals surface area (Å²) in [6.45, 7) is 9.19. The lowest BCUT2D eigenvalue weighted by Gasteiger charge is -2.30. The maximum atomic E-state index is 11.9. The largest absolute Gasteiger partial charge is 0.444 e. The van der Waals surface area contributed by atoms with Crippen LogP contribution in [-0.4, -0.2) is 40.2 Å². The standard InChI is InChI=1S/C19H31NO4/c1-13(2)17(20-18(23)24-19(3,4)5)16(22)12-15(21)11-14-9-7-6-8-10-14/h6-10,13,15-17,21-22H,11-12H2,1-5H3,(H,20,23)/t15-,16-,17+/m1/s1. The number of nitrogens with one attached hydrogen (secondary N) is 1. The van der Waals surface area contributed by atoms with Crippen molar-refractivity contribution in [2.75, 3.05) is 0 Å².